The van der Waals surface area contributed by atoms with Crippen LogP contribution in [-0.4, -0.2) is 12.4 Å². The molecule has 1 unspecified atom stereocenters. The van der Waals surface area contributed by atoms with Gasteiger partial charge in [0.25, 0.3) is 0 Å². The van der Waals surface area contributed by atoms with Crippen molar-refractivity contribution in [3.63, 3.8) is 0 Å². The summed E-state index contributed by atoms with van der Waals surface area (Å²) in [5.74, 6) is 2.44. The lowest BCUT2D eigenvalue weighted by atomic mass is 10.0. The number of hydrogen-bond donors (Lipinski definition) is 0. The first-order valence-electron chi connectivity index (χ1n) is 7.05. The summed E-state index contributed by atoms with van der Waals surface area (Å²) in [5.41, 5.74) is 4.15. The predicted molar refractivity (Wildman–Crippen MR) is 86.0 cm³/mol. The van der Waals surface area contributed by atoms with Crippen molar-refractivity contribution in [1.29, 1.82) is 5.26 Å². The van der Waals surface area contributed by atoms with Gasteiger partial charge in [-0.3, -0.25) is 0 Å². The van der Waals surface area contributed by atoms with Gasteiger partial charge in [-0.25, -0.2) is 0 Å². The molecule has 3 heteroatoms. The van der Waals surface area contributed by atoms with Crippen LogP contribution < -0.4 is 4.74 Å². The van der Waals surface area contributed by atoms with Crippen molar-refractivity contribution in [2.24, 2.45) is 0 Å². The third-order valence-electron chi connectivity index (χ3n) is 3.82. The molecule has 1 atom stereocenters. The van der Waals surface area contributed by atoms with Crippen molar-refractivity contribution in [1.82, 2.24) is 0 Å². The van der Waals surface area contributed by atoms with E-state index in [0.717, 1.165) is 22.6 Å². The zero-order valence-corrected chi connectivity index (χ0v) is 13.0. The van der Waals surface area contributed by atoms with Gasteiger partial charge in [0, 0.05) is 16.6 Å². The second-order valence-corrected chi connectivity index (χ2v) is 6.47. The number of thioether (sulfide) groups is 1. The minimum absolute atomic E-state index is 0.445. The fourth-order valence-electron chi connectivity index (χ4n) is 2.79. The van der Waals surface area contributed by atoms with E-state index in [4.69, 9.17) is 10.00 Å². The molecule has 0 fully saturated rings. The molecule has 0 aliphatic carbocycles. The maximum Gasteiger partial charge on any atom is 0.125 e. The fourth-order valence-corrected chi connectivity index (χ4v) is 4.03. The Kier molecular flexibility index (Phi) is 3.90. The quantitative estimate of drug-likeness (QED) is 0.839. The third kappa shape index (κ3) is 2.77. The first kappa shape index (κ1) is 14.0. The number of rotatable bonds is 3. The highest BCUT2D eigenvalue weighted by Crippen LogP contribution is 2.39. The number of hydrogen-bond acceptors (Lipinski definition) is 3. The Morgan fingerprint density at radius 2 is 1.95 bits per heavy atom. The van der Waals surface area contributed by atoms with Crippen molar-refractivity contribution >= 4 is 11.8 Å². The molecule has 3 rings (SSSR count). The molecule has 1 aliphatic heterocycles. The molecule has 0 saturated heterocycles. The lowest BCUT2D eigenvalue weighted by Gasteiger charge is -2.16. The Hall–Kier alpha value is -1.92. The second kappa shape index (κ2) is 5.83. The number of nitrogens with zero attached hydrogens (tertiary/aromatic N) is 1. The summed E-state index contributed by atoms with van der Waals surface area (Å²) in [7, 11) is 0. The normalized spacial score (nSPS) is 16.3. The standard InChI is InChI=1S/C18H17NOS/c1-12-7-14(9-19)8-13(2)18(12)20-10-15-11-21-17-6-4-3-5-16(15)17/h3-8,15H,10-11H2,1-2H3. The molecular formula is C18H17NOS. The monoisotopic (exact) mass is 295 g/mol. The van der Waals surface area contributed by atoms with E-state index in [1.54, 1.807) is 0 Å². The molecule has 2 aromatic carbocycles. The molecule has 106 valence electrons. The summed E-state index contributed by atoms with van der Waals surface area (Å²) in [6.07, 6.45) is 0. The topological polar surface area (TPSA) is 33.0 Å². The average Bonchev–Trinajstić information content (AvgIpc) is 2.89. The summed E-state index contributed by atoms with van der Waals surface area (Å²) in [5, 5.41) is 9.00. The molecule has 1 aliphatic rings. The molecule has 0 N–H and O–H groups in total. The number of benzene rings is 2. The summed E-state index contributed by atoms with van der Waals surface area (Å²) in [6.45, 7) is 4.69. The van der Waals surface area contributed by atoms with Gasteiger partial charge < -0.3 is 4.74 Å². The summed E-state index contributed by atoms with van der Waals surface area (Å²) in [6, 6.07) is 14.5. The molecule has 0 spiro atoms. The highest BCUT2D eigenvalue weighted by atomic mass is 32.2. The van der Waals surface area contributed by atoms with Crippen molar-refractivity contribution < 1.29 is 4.74 Å². The predicted octanol–water partition coefficient (Wildman–Crippen LogP) is 4.44. The van der Waals surface area contributed by atoms with Gasteiger partial charge in [0.05, 0.1) is 18.2 Å². The molecule has 0 radical (unpaired) electrons. The smallest absolute Gasteiger partial charge is 0.125 e. The van der Waals surface area contributed by atoms with E-state index in [1.807, 2.05) is 37.7 Å². The van der Waals surface area contributed by atoms with Gasteiger partial charge >= 0.3 is 0 Å². The molecule has 0 bridgehead atoms. The van der Waals surface area contributed by atoms with Crippen molar-refractivity contribution in [2.45, 2.75) is 24.7 Å². The van der Waals surface area contributed by atoms with Crippen LogP contribution in [0.3, 0.4) is 0 Å². The van der Waals surface area contributed by atoms with Crippen LogP contribution in [0.1, 0.15) is 28.2 Å². The van der Waals surface area contributed by atoms with Crippen LogP contribution >= 0.6 is 11.8 Å². The molecule has 0 amide bonds. The van der Waals surface area contributed by atoms with Crippen molar-refractivity contribution in [3.05, 3.63) is 58.7 Å². The lowest BCUT2D eigenvalue weighted by Crippen LogP contribution is -2.11. The SMILES string of the molecule is Cc1cc(C#N)cc(C)c1OCC1CSc2ccccc21. The highest BCUT2D eigenvalue weighted by molar-refractivity contribution is 7.99. The second-order valence-electron chi connectivity index (χ2n) is 5.41. The highest BCUT2D eigenvalue weighted by Gasteiger charge is 2.23. The van der Waals surface area contributed by atoms with E-state index < -0.39 is 0 Å². The van der Waals surface area contributed by atoms with Gasteiger partial charge in [0.1, 0.15) is 5.75 Å². The first-order valence-corrected chi connectivity index (χ1v) is 8.03. The number of ether oxygens (including phenoxy) is 1. The summed E-state index contributed by atoms with van der Waals surface area (Å²) >= 11 is 1.90. The Bertz CT molecular complexity index is 694. The molecule has 21 heavy (non-hydrogen) atoms. The maximum absolute atomic E-state index is 9.00. The van der Waals surface area contributed by atoms with Crippen LogP contribution in [0, 0.1) is 25.2 Å². The van der Waals surface area contributed by atoms with E-state index >= 15 is 0 Å². The maximum atomic E-state index is 9.00. The van der Waals surface area contributed by atoms with Gasteiger partial charge in [-0.05, 0) is 48.7 Å². The van der Waals surface area contributed by atoms with E-state index in [-0.39, 0.29) is 0 Å². The van der Waals surface area contributed by atoms with Gasteiger partial charge in [0.15, 0.2) is 0 Å². The summed E-state index contributed by atoms with van der Waals surface area (Å²) < 4.78 is 6.09. The molecule has 1 heterocycles. The zero-order chi connectivity index (χ0) is 14.8. The van der Waals surface area contributed by atoms with Crippen LogP contribution in [-0.2, 0) is 0 Å². The Balaban J connectivity index is 1.77. The largest absolute Gasteiger partial charge is 0.492 e. The van der Waals surface area contributed by atoms with Crippen molar-refractivity contribution in [3.8, 4) is 11.8 Å². The molecule has 0 saturated carbocycles. The van der Waals surface area contributed by atoms with Gasteiger partial charge in [-0.1, -0.05) is 18.2 Å². The first-order chi connectivity index (χ1) is 10.2. The molecular weight excluding hydrogens is 278 g/mol. The Morgan fingerprint density at radius 1 is 1.24 bits per heavy atom. The minimum atomic E-state index is 0.445. The Morgan fingerprint density at radius 3 is 2.67 bits per heavy atom. The van der Waals surface area contributed by atoms with E-state index in [0.29, 0.717) is 18.1 Å². The van der Waals surface area contributed by atoms with E-state index in [2.05, 4.69) is 30.3 Å². The van der Waals surface area contributed by atoms with Crippen LogP contribution in [0.25, 0.3) is 0 Å². The van der Waals surface area contributed by atoms with Gasteiger partial charge in [0.2, 0.25) is 0 Å². The fraction of sp³-hybridized carbons (Fsp3) is 0.278. The number of aryl methyl sites for hydroxylation is 2. The molecule has 0 aromatic heterocycles. The average molecular weight is 295 g/mol. The Labute approximate surface area is 129 Å². The number of nitriles is 1. The third-order valence-corrected chi connectivity index (χ3v) is 5.07. The molecule has 2 aromatic rings. The van der Waals surface area contributed by atoms with E-state index in [1.165, 1.54) is 10.5 Å². The van der Waals surface area contributed by atoms with Crippen LogP contribution in [0.15, 0.2) is 41.3 Å². The van der Waals surface area contributed by atoms with Crippen LogP contribution in [0.5, 0.6) is 5.75 Å². The van der Waals surface area contributed by atoms with E-state index in [9.17, 15) is 0 Å². The molecule has 2 nitrogen and oxygen atoms in total. The summed E-state index contributed by atoms with van der Waals surface area (Å²) in [4.78, 5) is 1.37. The van der Waals surface area contributed by atoms with Gasteiger partial charge in [-0.2, -0.15) is 5.26 Å². The van der Waals surface area contributed by atoms with Crippen LogP contribution in [0.4, 0.5) is 0 Å². The van der Waals surface area contributed by atoms with Crippen LogP contribution in [0.2, 0.25) is 0 Å². The van der Waals surface area contributed by atoms with Gasteiger partial charge in [-0.15, -0.1) is 11.8 Å². The van der Waals surface area contributed by atoms with Crippen molar-refractivity contribution in [2.75, 3.05) is 12.4 Å². The number of fused-ring (bicyclic) bond motifs is 1. The minimum Gasteiger partial charge on any atom is -0.492 e. The lowest BCUT2D eigenvalue weighted by molar-refractivity contribution is 0.294. The zero-order valence-electron chi connectivity index (χ0n) is 12.2.